The van der Waals surface area contributed by atoms with Crippen LogP contribution in [-0.2, 0) is 13.6 Å². The van der Waals surface area contributed by atoms with Crippen molar-refractivity contribution in [1.82, 2.24) is 0 Å². The summed E-state index contributed by atoms with van der Waals surface area (Å²) in [5, 5.41) is 0. The largest absolute Gasteiger partial charge is 0.427 e. The smallest absolute Gasteiger partial charge is 0.273 e. The molecule has 54 valence electrons. The van der Waals surface area contributed by atoms with Crippen LogP contribution >= 0.6 is 41.4 Å². The minimum atomic E-state index is -3.45. The van der Waals surface area contributed by atoms with Gasteiger partial charge in [-0.2, -0.15) is 0 Å². The summed E-state index contributed by atoms with van der Waals surface area (Å²) >= 11 is 15.7. The summed E-state index contributed by atoms with van der Waals surface area (Å²) in [7, 11) is 0. The highest BCUT2D eigenvalue weighted by Gasteiger charge is 2.41. The van der Waals surface area contributed by atoms with Crippen LogP contribution in [0.25, 0.3) is 0 Å². The molecule has 0 spiro atoms. The van der Waals surface area contributed by atoms with Gasteiger partial charge in [-0.3, -0.25) is 9.05 Å². The monoisotopic (exact) mass is 210 g/mol. The van der Waals surface area contributed by atoms with E-state index >= 15 is 0 Å². The average molecular weight is 211 g/mol. The van der Waals surface area contributed by atoms with E-state index in [0.29, 0.717) is 0 Å². The fourth-order valence-corrected chi connectivity index (χ4v) is 2.75. The highest BCUT2D eigenvalue weighted by atomic mass is 35.7. The van der Waals surface area contributed by atoms with Crippen LogP contribution in [0.5, 0.6) is 0 Å². The number of rotatable bonds is 0. The number of hydrogen-bond donors (Lipinski definition) is 0. The summed E-state index contributed by atoms with van der Waals surface area (Å²) in [6.45, 7) is -3.45. The summed E-state index contributed by atoms with van der Waals surface area (Å²) in [5.41, 5.74) is -1.84. The average Bonchev–Trinajstić information content (AvgIpc) is 1.79. The second-order valence-corrected chi connectivity index (χ2v) is 4.73. The van der Waals surface area contributed by atoms with E-state index in [-0.39, 0.29) is 0 Å². The fraction of sp³-hybridized carbons (Fsp3) is 1.00. The van der Waals surface area contributed by atoms with E-state index in [4.69, 9.17) is 34.4 Å². The van der Waals surface area contributed by atoms with Crippen molar-refractivity contribution in [2.24, 2.45) is 0 Å². The Morgan fingerprint density at radius 1 is 1.22 bits per heavy atom. The van der Waals surface area contributed by atoms with E-state index in [1.807, 2.05) is 0 Å². The predicted molar refractivity (Wildman–Crippen MR) is 34.9 cm³/mol. The number of alkyl halides is 2. The van der Waals surface area contributed by atoms with Crippen molar-refractivity contribution < 1.29 is 13.6 Å². The Morgan fingerprint density at radius 2 is 1.56 bits per heavy atom. The summed E-state index contributed by atoms with van der Waals surface area (Å²) in [4.78, 5) is 0. The van der Waals surface area contributed by atoms with Gasteiger partial charge in [-0.05, 0) is 0 Å². The molecule has 1 heterocycles. The van der Waals surface area contributed by atoms with Gasteiger partial charge in [0.25, 0.3) is 0 Å². The minimum Gasteiger partial charge on any atom is -0.273 e. The normalized spacial score (nSPS) is 51.9. The molecule has 1 rings (SSSR count). The van der Waals surface area contributed by atoms with Crippen LogP contribution in [0.4, 0.5) is 0 Å². The van der Waals surface area contributed by atoms with Gasteiger partial charge < -0.3 is 0 Å². The van der Waals surface area contributed by atoms with E-state index in [1.54, 1.807) is 0 Å². The Labute approximate surface area is 66.5 Å². The van der Waals surface area contributed by atoms with E-state index < -0.39 is 18.1 Å². The molecule has 0 aromatic carbocycles. The van der Waals surface area contributed by atoms with E-state index in [9.17, 15) is 4.57 Å². The van der Waals surface area contributed by atoms with Gasteiger partial charge in [0.2, 0.25) is 0 Å². The second-order valence-electron chi connectivity index (χ2n) is 1.34. The molecule has 0 radical (unpaired) electrons. The van der Waals surface area contributed by atoms with Gasteiger partial charge in [-0.1, -0.05) is 23.2 Å². The number of hydrogen-bond acceptors (Lipinski definition) is 3. The lowest BCUT2D eigenvalue weighted by atomic mass is 10.8. The lowest BCUT2D eigenvalue weighted by molar-refractivity contribution is 0.292. The molecule has 0 aromatic rings. The third-order valence-corrected chi connectivity index (χ3v) is 3.11. The lowest BCUT2D eigenvalue weighted by Gasteiger charge is -1.95. The Balaban J connectivity index is 2.65. The van der Waals surface area contributed by atoms with E-state index in [2.05, 4.69) is 9.05 Å². The maximum Gasteiger partial charge on any atom is 0.427 e. The Bertz CT molecular complexity index is 147. The first-order valence-corrected chi connectivity index (χ1v) is 5.28. The molecular weight excluding hydrogens is 209 g/mol. The molecule has 2 unspecified atom stereocenters. The fourth-order valence-electron chi connectivity index (χ4n) is 0.361. The zero-order chi connectivity index (χ0) is 7.07. The topological polar surface area (TPSA) is 35.5 Å². The van der Waals surface area contributed by atoms with Gasteiger partial charge in [0.05, 0.1) is 0 Å². The zero-order valence-corrected chi connectivity index (χ0v) is 7.12. The molecule has 9 heavy (non-hydrogen) atoms. The van der Waals surface area contributed by atoms with Crippen molar-refractivity contribution in [3.05, 3.63) is 0 Å². The highest BCUT2D eigenvalue weighted by Crippen LogP contribution is 2.62. The molecule has 1 saturated heterocycles. The van der Waals surface area contributed by atoms with Crippen LogP contribution in [0, 0.1) is 0 Å². The van der Waals surface area contributed by atoms with Gasteiger partial charge >= 0.3 is 6.95 Å². The first-order chi connectivity index (χ1) is 4.01. The molecule has 0 bridgehead atoms. The van der Waals surface area contributed by atoms with Gasteiger partial charge in [-0.25, -0.2) is 4.57 Å². The van der Waals surface area contributed by atoms with Gasteiger partial charge in [0.15, 0.2) is 11.1 Å². The summed E-state index contributed by atoms with van der Waals surface area (Å²) in [6, 6.07) is 0. The molecule has 1 aliphatic heterocycles. The Kier molecular flexibility index (Phi) is 2.32. The molecule has 0 N–H and O–H groups in total. The first kappa shape index (κ1) is 8.12. The maximum atomic E-state index is 10.6. The van der Waals surface area contributed by atoms with Crippen molar-refractivity contribution >= 4 is 41.4 Å². The van der Waals surface area contributed by atoms with Crippen molar-refractivity contribution in [2.45, 2.75) is 11.1 Å². The third kappa shape index (κ3) is 1.97. The molecule has 1 aliphatic rings. The quantitative estimate of drug-likeness (QED) is 0.456. The molecule has 0 aromatic heterocycles. The van der Waals surface area contributed by atoms with Gasteiger partial charge in [0.1, 0.15) is 0 Å². The molecular formula is C2H2Cl3O3P. The first-order valence-electron chi connectivity index (χ1n) is 1.96. The summed E-state index contributed by atoms with van der Waals surface area (Å²) < 4.78 is 19.4. The van der Waals surface area contributed by atoms with Crippen molar-refractivity contribution in [3.63, 3.8) is 0 Å². The Hall–Kier alpha value is 1.02. The summed E-state index contributed by atoms with van der Waals surface area (Å²) in [5.74, 6) is 0. The molecule has 0 aliphatic carbocycles. The van der Waals surface area contributed by atoms with Gasteiger partial charge in [0, 0.05) is 11.2 Å². The van der Waals surface area contributed by atoms with Crippen LogP contribution in [0.2, 0.25) is 0 Å². The van der Waals surface area contributed by atoms with Crippen molar-refractivity contribution in [2.75, 3.05) is 0 Å². The number of halogens is 3. The molecule has 7 heteroatoms. The van der Waals surface area contributed by atoms with Crippen molar-refractivity contribution in [1.29, 1.82) is 0 Å². The van der Waals surface area contributed by atoms with Crippen LogP contribution in [0.15, 0.2) is 0 Å². The lowest BCUT2D eigenvalue weighted by Crippen LogP contribution is -2.07. The molecule has 2 atom stereocenters. The second kappa shape index (κ2) is 2.57. The predicted octanol–water partition coefficient (Wildman–Crippen LogP) is 2.51. The minimum absolute atomic E-state index is 0.921. The van der Waals surface area contributed by atoms with Gasteiger partial charge in [-0.15, -0.1) is 0 Å². The van der Waals surface area contributed by atoms with Crippen LogP contribution in [-0.4, -0.2) is 11.1 Å². The molecule has 0 saturated carbocycles. The summed E-state index contributed by atoms with van der Waals surface area (Å²) in [6.07, 6.45) is 0. The van der Waals surface area contributed by atoms with Crippen LogP contribution in [0.1, 0.15) is 0 Å². The van der Waals surface area contributed by atoms with E-state index in [1.165, 1.54) is 0 Å². The maximum absolute atomic E-state index is 10.6. The molecule has 3 nitrogen and oxygen atoms in total. The third-order valence-electron chi connectivity index (χ3n) is 0.659. The Morgan fingerprint density at radius 3 is 1.67 bits per heavy atom. The zero-order valence-electron chi connectivity index (χ0n) is 3.96. The molecule has 0 amide bonds. The van der Waals surface area contributed by atoms with Crippen molar-refractivity contribution in [3.8, 4) is 0 Å². The highest BCUT2D eigenvalue weighted by molar-refractivity contribution is 7.81. The molecule has 1 fully saturated rings. The van der Waals surface area contributed by atoms with E-state index in [0.717, 1.165) is 0 Å². The SMILES string of the molecule is O=P1(Cl)OC(Cl)C(Cl)O1. The standard InChI is InChI=1S/C2H2Cl3O3P/c3-1-2(4)8-9(5,6)7-1/h1-2H. The van der Waals surface area contributed by atoms with Crippen LogP contribution in [0.3, 0.4) is 0 Å². The van der Waals surface area contributed by atoms with Crippen LogP contribution < -0.4 is 0 Å².